The normalized spacial score (nSPS) is 19.4. The van der Waals surface area contributed by atoms with E-state index in [1.54, 1.807) is 6.92 Å². The third kappa shape index (κ3) is 1.25. The van der Waals surface area contributed by atoms with Crippen molar-refractivity contribution in [1.82, 2.24) is 0 Å². The summed E-state index contributed by atoms with van der Waals surface area (Å²) in [6, 6.07) is 1.38. The van der Waals surface area contributed by atoms with Gasteiger partial charge in [0.15, 0.2) is 11.9 Å². The maximum absolute atomic E-state index is 13.5. The number of carbonyl (C=O) groups excluding carboxylic acids is 1. The summed E-state index contributed by atoms with van der Waals surface area (Å²) in [5, 5.41) is -0.0818. The topological polar surface area (TPSA) is 26.3 Å². The van der Waals surface area contributed by atoms with Crippen LogP contribution < -0.4 is 4.74 Å². The molecule has 0 bridgehead atoms. The Kier molecular flexibility index (Phi) is 2.27. The van der Waals surface area contributed by atoms with E-state index in [2.05, 4.69) is 15.9 Å². The highest BCUT2D eigenvalue weighted by Crippen LogP contribution is 2.40. The van der Waals surface area contributed by atoms with Crippen LogP contribution in [0.25, 0.3) is 0 Å². The van der Waals surface area contributed by atoms with Crippen LogP contribution in [0.4, 0.5) is 4.39 Å². The second kappa shape index (κ2) is 3.21. The molecule has 0 saturated carbocycles. The first-order valence-electron chi connectivity index (χ1n) is 3.90. The van der Waals surface area contributed by atoms with E-state index in [4.69, 9.17) is 16.3 Å². The van der Waals surface area contributed by atoms with Crippen LogP contribution in [0, 0.1) is 5.82 Å². The molecule has 1 heterocycles. The molecule has 0 amide bonds. The number of ketones is 1. The fourth-order valence-corrected chi connectivity index (χ4v) is 2.20. The monoisotopic (exact) mass is 278 g/mol. The number of hydrogen-bond acceptors (Lipinski definition) is 2. The van der Waals surface area contributed by atoms with Gasteiger partial charge in [-0.15, -0.1) is 0 Å². The lowest BCUT2D eigenvalue weighted by Crippen LogP contribution is -2.15. The van der Waals surface area contributed by atoms with Crippen LogP contribution in [0.2, 0.25) is 5.02 Å². The molecule has 0 fully saturated rings. The Labute approximate surface area is 93.1 Å². The number of halogens is 3. The molecule has 14 heavy (non-hydrogen) atoms. The molecule has 0 radical (unpaired) electrons. The number of fused-ring (bicyclic) bond motifs is 1. The molecule has 5 heteroatoms. The second-order valence-corrected chi connectivity index (χ2v) is 4.24. The largest absolute Gasteiger partial charge is 0.480 e. The van der Waals surface area contributed by atoms with E-state index in [-0.39, 0.29) is 22.1 Å². The van der Waals surface area contributed by atoms with Gasteiger partial charge in [-0.05, 0) is 28.9 Å². The number of carbonyl (C=O) groups is 1. The predicted octanol–water partition coefficient (Wildman–Crippen LogP) is 3.21. The first-order valence-corrected chi connectivity index (χ1v) is 5.08. The van der Waals surface area contributed by atoms with Crippen LogP contribution >= 0.6 is 27.5 Å². The molecule has 1 aromatic rings. The Morgan fingerprint density at radius 1 is 1.64 bits per heavy atom. The maximum atomic E-state index is 13.5. The van der Waals surface area contributed by atoms with Gasteiger partial charge in [0.2, 0.25) is 5.78 Å². The smallest absolute Gasteiger partial charge is 0.209 e. The first kappa shape index (κ1) is 9.93. The molecule has 74 valence electrons. The van der Waals surface area contributed by atoms with Crippen LogP contribution in [-0.2, 0) is 0 Å². The van der Waals surface area contributed by atoms with Crippen molar-refractivity contribution in [2.75, 3.05) is 0 Å². The van der Waals surface area contributed by atoms with Gasteiger partial charge in [0.1, 0.15) is 11.3 Å². The third-order valence-electron chi connectivity index (χ3n) is 2.04. The average molecular weight is 279 g/mol. The van der Waals surface area contributed by atoms with Crippen molar-refractivity contribution in [3.63, 3.8) is 0 Å². The minimum atomic E-state index is -0.709. The van der Waals surface area contributed by atoms with Gasteiger partial charge in [0.05, 0.1) is 9.50 Å². The fraction of sp³-hybridized carbons (Fsp3) is 0.222. The lowest BCUT2D eigenvalue weighted by molar-refractivity contribution is 0.0876. The molecule has 1 aliphatic rings. The summed E-state index contributed by atoms with van der Waals surface area (Å²) in [5.74, 6) is -0.843. The van der Waals surface area contributed by atoms with Gasteiger partial charge < -0.3 is 4.74 Å². The first-order chi connectivity index (χ1) is 6.52. The number of hydrogen-bond donors (Lipinski definition) is 0. The van der Waals surface area contributed by atoms with Crippen LogP contribution in [-0.4, -0.2) is 11.9 Å². The van der Waals surface area contributed by atoms with Gasteiger partial charge in [0.25, 0.3) is 0 Å². The molecule has 1 atom stereocenters. The quantitative estimate of drug-likeness (QED) is 0.682. The van der Waals surface area contributed by atoms with Crippen molar-refractivity contribution >= 4 is 33.3 Å². The molecular weight excluding hydrogens is 274 g/mol. The van der Waals surface area contributed by atoms with Crippen molar-refractivity contribution in [1.29, 1.82) is 0 Å². The number of Topliss-reactive ketones (excluding diaryl/α,β-unsaturated/α-hetero) is 1. The molecule has 0 aliphatic carbocycles. The summed E-state index contributed by atoms with van der Waals surface area (Å²) in [4.78, 5) is 11.5. The summed E-state index contributed by atoms with van der Waals surface area (Å²) in [6.07, 6.45) is -0.644. The third-order valence-corrected chi connectivity index (χ3v) is 2.90. The van der Waals surface area contributed by atoms with Crippen LogP contribution in [0.3, 0.4) is 0 Å². The van der Waals surface area contributed by atoms with Crippen molar-refractivity contribution in [3.8, 4) is 5.75 Å². The molecule has 0 spiro atoms. The number of benzene rings is 1. The summed E-state index contributed by atoms with van der Waals surface area (Å²) in [7, 11) is 0. The number of rotatable bonds is 0. The Bertz CT molecular complexity index is 433. The van der Waals surface area contributed by atoms with Crippen molar-refractivity contribution in [2.45, 2.75) is 13.0 Å². The lowest BCUT2D eigenvalue weighted by atomic mass is 10.1. The van der Waals surface area contributed by atoms with Gasteiger partial charge in [-0.2, -0.15) is 0 Å². The van der Waals surface area contributed by atoms with Crippen molar-refractivity contribution in [3.05, 3.63) is 26.9 Å². The Morgan fingerprint density at radius 2 is 2.29 bits per heavy atom. The minimum Gasteiger partial charge on any atom is -0.480 e. The van der Waals surface area contributed by atoms with E-state index in [0.29, 0.717) is 4.47 Å². The molecular formula is C9H5BrClFO2. The van der Waals surface area contributed by atoms with E-state index in [9.17, 15) is 9.18 Å². The highest BCUT2D eigenvalue weighted by molar-refractivity contribution is 9.10. The highest BCUT2D eigenvalue weighted by Gasteiger charge is 2.34. The second-order valence-electron chi connectivity index (χ2n) is 2.98. The summed E-state index contributed by atoms with van der Waals surface area (Å²) in [5.41, 5.74) is -0.0584. The molecule has 0 N–H and O–H groups in total. The predicted molar refractivity (Wildman–Crippen MR) is 53.5 cm³/mol. The standard InChI is InChI=1S/C9H5BrClFO2/c1-3-8(13)6-7(12)5(11)2-4(10)9(6)14-3/h2-3H,1H3. The van der Waals surface area contributed by atoms with E-state index in [1.807, 2.05) is 0 Å². The van der Waals surface area contributed by atoms with Gasteiger partial charge in [0, 0.05) is 0 Å². The molecule has 2 nitrogen and oxygen atoms in total. The van der Waals surface area contributed by atoms with E-state index in [1.165, 1.54) is 6.07 Å². The summed E-state index contributed by atoms with van der Waals surface area (Å²) < 4.78 is 19.1. The zero-order valence-electron chi connectivity index (χ0n) is 7.11. The van der Waals surface area contributed by atoms with E-state index >= 15 is 0 Å². The maximum Gasteiger partial charge on any atom is 0.209 e. The molecule has 0 saturated heterocycles. The Hall–Kier alpha value is -0.610. The van der Waals surface area contributed by atoms with Gasteiger partial charge >= 0.3 is 0 Å². The van der Waals surface area contributed by atoms with Crippen molar-refractivity contribution in [2.24, 2.45) is 0 Å². The molecule has 2 rings (SSSR count). The fourth-order valence-electron chi connectivity index (χ4n) is 1.35. The Morgan fingerprint density at radius 3 is 2.93 bits per heavy atom. The highest BCUT2D eigenvalue weighted by atomic mass is 79.9. The van der Waals surface area contributed by atoms with E-state index < -0.39 is 11.9 Å². The van der Waals surface area contributed by atoms with Crippen molar-refractivity contribution < 1.29 is 13.9 Å². The van der Waals surface area contributed by atoms with Crippen LogP contribution in [0.5, 0.6) is 5.75 Å². The zero-order chi connectivity index (χ0) is 10.5. The SMILES string of the molecule is CC1Oc2c(Br)cc(Cl)c(F)c2C1=O. The molecule has 1 aliphatic heterocycles. The van der Waals surface area contributed by atoms with Crippen LogP contribution in [0.1, 0.15) is 17.3 Å². The van der Waals surface area contributed by atoms with Gasteiger partial charge in [-0.3, -0.25) is 4.79 Å². The molecule has 1 unspecified atom stereocenters. The van der Waals surface area contributed by atoms with E-state index in [0.717, 1.165) is 0 Å². The lowest BCUT2D eigenvalue weighted by Gasteiger charge is -2.03. The summed E-state index contributed by atoms with van der Waals surface area (Å²) >= 11 is 8.76. The molecule has 1 aromatic carbocycles. The average Bonchev–Trinajstić information content (AvgIpc) is 2.41. The van der Waals surface area contributed by atoms with Gasteiger partial charge in [-0.1, -0.05) is 11.6 Å². The van der Waals surface area contributed by atoms with Gasteiger partial charge in [-0.25, -0.2) is 4.39 Å². The zero-order valence-corrected chi connectivity index (χ0v) is 9.45. The summed E-state index contributed by atoms with van der Waals surface area (Å²) in [6.45, 7) is 1.57. The Balaban J connectivity index is 2.74. The number of ether oxygens (including phenoxy) is 1. The van der Waals surface area contributed by atoms with Crippen LogP contribution in [0.15, 0.2) is 10.5 Å². The minimum absolute atomic E-state index is 0.0584. The molecule has 0 aromatic heterocycles.